The van der Waals surface area contributed by atoms with Gasteiger partial charge in [0.2, 0.25) is 11.5 Å². The van der Waals surface area contributed by atoms with Crippen LogP contribution in [0.5, 0.6) is 0 Å². The zero-order valence-electron chi connectivity index (χ0n) is 13.2. The number of esters is 1. The van der Waals surface area contributed by atoms with E-state index in [-0.39, 0.29) is 22.0 Å². The Morgan fingerprint density at radius 1 is 1.04 bits per heavy atom. The van der Waals surface area contributed by atoms with Crippen molar-refractivity contribution in [1.82, 2.24) is 15.0 Å². The normalized spacial score (nSPS) is 10.6. The molecule has 1 aromatic heterocycles. The van der Waals surface area contributed by atoms with Gasteiger partial charge in [-0.25, -0.2) is 9.48 Å². The number of hydrogen-bond donors (Lipinski definition) is 0. The van der Waals surface area contributed by atoms with Crippen LogP contribution in [-0.2, 0) is 4.74 Å². The molecule has 0 bridgehead atoms. The summed E-state index contributed by atoms with van der Waals surface area (Å²) in [6.45, 7) is 0. The van der Waals surface area contributed by atoms with E-state index in [0.29, 0.717) is 15.7 Å². The second-order valence-corrected chi connectivity index (χ2v) is 6.38. The predicted molar refractivity (Wildman–Crippen MR) is 97.6 cm³/mol. The average molecular weight is 411 g/mol. The van der Waals surface area contributed by atoms with E-state index in [4.69, 9.17) is 39.5 Å². The maximum absolute atomic E-state index is 13.0. The van der Waals surface area contributed by atoms with Crippen LogP contribution < -0.4 is 0 Å². The highest BCUT2D eigenvalue weighted by atomic mass is 35.5. The van der Waals surface area contributed by atoms with Gasteiger partial charge in [-0.2, -0.15) is 0 Å². The molecule has 0 aliphatic rings. The van der Waals surface area contributed by atoms with Crippen LogP contribution >= 0.6 is 34.8 Å². The second kappa shape index (κ2) is 7.45. The van der Waals surface area contributed by atoms with Gasteiger partial charge in [-0.3, -0.25) is 4.79 Å². The molecule has 0 aliphatic carbocycles. The molecule has 0 atom stereocenters. The monoisotopic (exact) mass is 409 g/mol. The zero-order valence-corrected chi connectivity index (χ0v) is 15.5. The van der Waals surface area contributed by atoms with E-state index in [0.717, 1.165) is 0 Å². The quantitative estimate of drug-likeness (QED) is 0.475. The number of rotatable bonds is 4. The molecular weight excluding hydrogens is 401 g/mol. The van der Waals surface area contributed by atoms with Crippen molar-refractivity contribution in [3.05, 3.63) is 74.5 Å². The number of aromatic nitrogens is 3. The molecule has 132 valence electrons. The third kappa shape index (κ3) is 3.44. The van der Waals surface area contributed by atoms with Gasteiger partial charge in [-0.05, 0) is 36.4 Å². The lowest BCUT2D eigenvalue weighted by molar-refractivity contribution is 0.0590. The first-order valence-corrected chi connectivity index (χ1v) is 8.35. The Morgan fingerprint density at radius 3 is 2.46 bits per heavy atom. The number of hydrogen-bond acceptors (Lipinski definition) is 5. The maximum Gasteiger partial charge on any atom is 0.361 e. The van der Waals surface area contributed by atoms with E-state index in [9.17, 15) is 9.59 Å². The molecule has 26 heavy (non-hydrogen) atoms. The van der Waals surface area contributed by atoms with Crippen LogP contribution in [0.15, 0.2) is 42.5 Å². The Bertz CT molecular complexity index is 1020. The molecular formula is C17H10Cl3N3O3. The van der Waals surface area contributed by atoms with Crippen LogP contribution in [-0.4, -0.2) is 33.9 Å². The number of carbonyl (C=O) groups excluding carboxylic acids is 2. The Hall–Kier alpha value is -2.41. The summed E-state index contributed by atoms with van der Waals surface area (Å²) in [5, 5.41) is 8.65. The molecule has 0 N–H and O–H groups in total. The Balaban J connectivity index is 2.19. The van der Waals surface area contributed by atoms with Gasteiger partial charge in [0.1, 0.15) is 5.69 Å². The number of ketones is 1. The summed E-state index contributed by atoms with van der Waals surface area (Å²) >= 11 is 17.9. The van der Waals surface area contributed by atoms with Crippen molar-refractivity contribution < 1.29 is 14.3 Å². The standard InChI is InChI=1S/C17H10Cl3N3O3/c1-26-17(25)14-15(16(24)9-5-6-12(19)13(20)7-9)23(22-21-14)11-4-2-3-10(18)8-11/h2-8H,1H3. The largest absolute Gasteiger partial charge is 0.464 e. The zero-order chi connectivity index (χ0) is 18.8. The second-order valence-electron chi connectivity index (χ2n) is 5.13. The van der Waals surface area contributed by atoms with E-state index in [2.05, 4.69) is 10.3 Å². The Kier molecular flexibility index (Phi) is 5.27. The lowest BCUT2D eigenvalue weighted by atomic mass is 10.1. The predicted octanol–water partition coefficient (Wildman–Crippen LogP) is 4.25. The molecule has 0 unspecified atom stereocenters. The highest BCUT2D eigenvalue weighted by molar-refractivity contribution is 6.42. The first-order valence-electron chi connectivity index (χ1n) is 7.22. The number of benzene rings is 2. The number of nitrogens with zero attached hydrogens (tertiary/aromatic N) is 3. The van der Waals surface area contributed by atoms with Crippen LogP contribution in [0.3, 0.4) is 0 Å². The summed E-state index contributed by atoms with van der Waals surface area (Å²) in [5.41, 5.74) is 0.389. The molecule has 1 heterocycles. The molecule has 2 aromatic carbocycles. The molecule has 0 saturated heterocycles. The van der Waals surface area contributed by atoms with E-state index < -0.39 is 11.8 Å². The van der Waals surface area contributed by atoms with Crippen molar-refractivity contribution in [2.45, 2.75) is 0 Å². The number of halogens is 3. The molecule has 0 fully saturated rings. The van der Waals surface area contributed by atoms with Gasteiger partial charge in [-0.15, -0.1) is 5.10 Å². The van der Waals surface area contributed by atoms with E-state index >= 15 is 0 Å². The molecule has 3 rings (SSSR count). The van der Waals surface area contributed by atoms with Gasteiger partial charge in [0.05, 0.1) is 22.8 Å². The van der Waals surface area contributed by atoms with Gasteiger partial charge in [-0.1, -0.05) is 46.1 Å². The molecule has 9 heteroatoms. The fraction of sp³-hybridized carbons (Fsp3) is 0.0588. The minimum absolute atomic E-state index is 0.0718. The lowest BCUT2D eigenvalue weighted by Crippen LogP contribution is -2.15. The molecule has 0 spiro atoms. The highest BCUT2D eigenvalue weighted by Gasteiger charge is 2.28. The summed E-state index contributed by atoms with van der Waals surface area (Å²) in [4.78, 5) is 25.1. The highest BCUT2D eigenvalue weighted by Crippen LogP contribution is 2.26. The number of carbonyl (C=O) groups is 2. The first kappa shape index (κ1) is 18.4. The van der Waals surface area contributed by atoms with Crippen LogP contribution in [0.1, 0.15) is 26.5 Å². The minimum atomic E-state index is -0.790. The van der Waals surface area contributed by atoms with Gasteiger partial charge in [0, 0.05) is 10.6 Å². The lowest BCUT2D eigenvalue weighted by Gasteiger charge is -2.08. The summed E-state index contributed by atoms with van der Waals surface area (Å²) in [6, 6.07) is 11.0. The molecule has 0 radical (unpaired) electrons. The van der Waals surface area contributed by atoms with Crippen LogP contribution in [0.25, 0.3) is 5.69 Å². The van der Waals surface area contributed by atoms with Crippen molar-refractivity contribution in [1.29, 1.82) is 0 Å². The third-order valence-corrected chi connectivity index (χ3v) is 4.47. The van der Waals surface area contributed by atoms with Crippen molar-refractivity contribution in [2.75, 3.05) is 7.11 Å². The van der Waals surface area contributed by atoms with Crippen LogP contribution in [0, 0.1) is 0 Å². The fourth-order valence-electron chi connectivity index (χ4n) is 2.28. The molecule has 3 aromatic rings. The molecule has 0 aliphatic heterocycles. The van der Waals surface area contributed by atoms with Gasteiger partial charge < -0.3 is 4.74 Å². The molecule has 0 amide bonds. The van der Waals surface area contributed by atoms with Crippen LogP contribution in [0.4, 0.5) is 0 Å². The van der Waals surface area contributed by atoms with Crippen molar-refractivity contribution in [3.63, 3.8) is 0 Å². The Morgan fingerprint density at radius 2 is 1.81 bits per heavy atom. The van der Waals surface area contributed by atoms with E-state index in [1.807, 2.05) is 0 Å². The molecule has 0 saturated carbocycles. The van der Waals surface area contributed by atoms with Crippen LogP contribution in [0.2, 0.25) is 15.1 Å². The summed E-state index contributed by atoms with van der Waals surface area (Å²) in [7, 11) is 1.19. The third-order valence-electron chi connectivity index (χ3n) is 3.50. The summed E-state index contributed by atoms with van der Waals surface area (Å²) in [6.07, 6.45) is 0. The van der Waals surface area contributed by atoms with Gasteiger partial charge in [0.25, 0.3) is 0 Å². The topological polar surface area (TPSA) is 74.1 Å². The summed E-state index contributed by atoms with van der Waals surface area (Å²) in [5.74, 6) is -1.31. The van der Waals surface area contributed by atoms with Gasteiger partial charge >= 0.3 is 5.97 Å². The molecule has 6 nitrogen and oxygen atoms in total. The minimum Gasteiger partial charge on any atom is -0.464 e. The van der Waals surface area contributed by atoms with Crippen molar-refractivity contribution in [2.24, 2.45) is 0 Å². The number of methoxy groups -OCH3 is 1. The average Bonchev–Trinajstić information content (AvgIpc) is 3.07. The SMILES string of the molecule is COC(=O)c1nnn(-c2cccc(Cl)c2)c1C(=O)c1ccc(Cl)c(Cl)c1. The first-order chi connectivity index (χ1) is 12.4. The smallest absolute Gasteiger partial charge is 0.361 e. The van der Waals surface area contributed by atoms with Gasteiger partial charge in [0.15, 0.2) is 0 Å². The maximum atomic E-state index is 13.0. The van der Waals surface area contributed by atoms with E-state index in [1.165, 1.54) is 30.0 Å². The number of ether oxygens (including phenoxy) is 1. The van der Waals surface area contributed by atoms with Crippen molar-refractivity contribution >= 4 is 46.6 Å². The Labute approximate surface area is 163 Å². The fourth-order valence-corrected chi connectivity index (χ4v) is 2.77. The van der Waals surface area contributed by atoms with E-state index in [1.54, 1.807) is 24.3 Å². The summed E-state index contributed by atoms with van der Waals surface area (Å²) < 4.78 is 5.92. The van der Waals surface area contributed by atoms with Crippen molar-refractivity contribution in [3.8, 4) is 5.69 Å².